The molecule has 7 heteroatoms. The number of methoxy groups -OCH3 is 1. The molecule has 2 N–H and O–H groups in total. The maximum absolute atomic E-state index is 13.3. The molecule has 0 aromatic heterocycles. The standard InChI is InChI=1S/C13H21FN2O3S/c1-10-8-12(14)9-11(2)13(10)20(17,18)16(5-4-15)6-7-19-3/h8-9H,4-7,15H2,1-3H3. The highest BCUT2D eigenvalue weighted by molar-refractivity contribution is 7.89. The van der Waals surface area contributed by atoms with E-state index in [2.05, 4.69) is 0 Å². The molecule has 20 heavy (non-hydrogen) atoms. The number of ether oxygens (including phenoxy) is 1. The highest BCUT2D eigenvalue weighted by Crippen LogP contribution is 2.24. The Morgan fingerprint density at radius 1 is 1.25 bits per heavy atom. The van der Waals surface area contributed by atoms with Crippen LogP contribution in [-0.2, 0) is 14.8 Å². The van der Waals surface area contributed by atoms with E-state index < -0.39 is 15.8 Å². The van der Waals surface area contributed by atoms with Crippen LogP contribution in [-0.4, -0.2) is 46.1 Å². The van der Waals surface area contributed by atoms with Crippen LogP contribution in [0, 0.1) is 19.7 Å². The van der Waals surface area contributed by atoms with Crippen LogP contribution in [0.2, 0.25) is 0 Å². The van der Waals surface area contributed by atoms with Crippen LogP contribution in [0.3, 0.4) is 0 Å². The van der Waals surface area contributed by atoms with Crippen LogP contribution >= 0.6 is 0 Å². The molecule has 0 heterocycles. The minimum Gasteiger partial charge on any atom is -0.383 e. The summed E-state index contributed by atoms with van der Waals surface area (Å²) in [5.74, 6) is -0.443. The topological polar surface area (TPSA) is 72.6 Å². The number of hydrogen-bond donors (Lipinski definition) is 1. The summed E-state index contributed by atoms with van der Waals surface area (Å²) in [4.78, 5) is 0.142. The van der Waals surface area contributed by atoms with Crippen LogP contribution in [0.25, 0.3) is 0 Å². The van der Waals surface area contributed by atoms with Gasteiger partial charge in [-0.3, -0.25) is 0 Å². The first-order chi connectivity index (χ1) is 9.34. The average molecular weight is 304 g/mol. The van der Waals surface area contributed by atoms with Crippen molar-refractivity contribution >= 4 is 10.0 Å². The zero-order chi connectivity index (χ0) is 15.3. The van der Waals surface area contributed by atoms with Gasteiger partial charge in [-0.2, -0.15) is 4.31 Å². The third-order valence-electron chi connectivity index (χ3n) is 2.95. The van der Waals surface area contributed by atoms with E-state index in [1.54, 1.807) is 13.8 Å². The Morgan fingerprint density at radius 3 is 2.25 bits per heavy atom. The molecule has 0 saturated carbocycles. The van der Waals surface area contributed by atoms with E-state index in [4.69, 9.17) is 10.5 Å². The van der Waals surface area contributed by atoms with Crippen molar-refractivity contribution in [2.24, 2.45) is 5.73 Å². The smallest absolute Gasteiger partial charge is 0.243 e. The number of hydrogen-bond acceptors (Lipinski definition) is 4. The van der Waals surface area contributed by atoms with Gasteiger partial charge in [0.2, 0.25) is 10.0 Å². The van der Waals surface area contributed by atoms with Gasteiger partial charge in [0.05, 0.1) is 11.5 Å². The minimum absolute atomic E-state index is 0.142. The maximum atomic E-state index is 13.3. The number of rotatable bonds is 7. The van der Waals surface area contributed by atoms with Gasteiger partial charge in [-0.1, -0.05) is 0 Å². The zero-order valence-corrected chi connectivity index (χ0v) is 12.8. The van der Waals surface area contributed by atoms with Crippen molar-refractivity contribution in [1.29, 1.82) is 0 Å². The Morgan fingerprint density at radius 2 is 1.80 bits per heavy atom. The summed E-state index contributed by atoms with van der Waals surface area (Å²) < 4.78 is 44.8. The van der Waals surface area contributed by atoms with Gasteiger partial charge in [-0.15, -0.1) is 0 Å². The second-order valence-electron chi connectivity index (χ2n) is 4.55. The predicted octanol–water partition coefficient (Wildman–Crippen LogP) is 1.04. The molecular weight excluding hydrogens is 283 g/mol. The summed E-state index contributed by atoms with van der Waals surface area (Å²) in [6.07, 6.45) is 0. The summed E-state index contributed by atoms with van der Waals surface area (Å²) in [6, 6.07) is 2.44. The molecule has 0 aliphatic heterocycles. The van der Waals surface area contributed by atoms with E-state index in [0.29, 0.717) is 11.1 Å². The quantitative estimate of drug-likeness (QED) is 0.817. The van der Waals surface area contributed by atoms with Crippen LogP contribution in [0.1, 0.15) is 11.1 Å². The summed E-state index contributed by atoms with van der Waals surface area (Å²) in [6.45, 7) is 4.06. The molecule has 0 bridgehead atoms. The summed E-state index contributed by atoms with van der Waals surface area (Å²) in [5, 5.41) is 0. The second-order valence-corrected chi connectivity index (χ2v) is 6.43. The first-order valence-electron chi connectivity index (χ1n) is 6.30. The average Bonchev–Trinajstić information content (AvgIpc) is 2.32. The molecule has 5 nitrogen and oxygen atoms in total. The fraction of sp³-hybridized carbons (Fsp3) is 0.538. The summed E-state index contributed by atoms with van der Waals surface area (Å²) >= 11 is 0. The van der Waals surface area contributed by atoms with E-state index >= 15 is 0 Å². The Hall–Kier alpha value is -1.02. The van der Waals surface area contributed by atoms with Crippen molar-refractivity contribution < 1.29 is 17.5 Å². The fourth-order valence-electron chi connectivity index (χ4n) is 2.12. The number of sulfonamides is 1. The predicted molar refractivity (Wildman–Crippen MR) is 75.6 cm³/mol. The van der Waals surface area contributed by atoms with Gasteiger partial charge in [0.1, 0.15) is 5.82 Å². The Bertz CT molecular complexity index is 538. The van der Waals surface area contributed by atoms with Crippen molar-refractivity contribution in [2.75, 3.05) is 33.4 Å². The monoisotopic (exact) mass is 304 g/mol. The van der Waals surface area contributed by atoms with Crippen molar-refractivity contribution in [3.63, 3.8) is 0 Å². The van der Waals surface area contributed by atoms with Crippen molar-refractivity contribution in [3.8, 4) is 0 Å². The number of nitrogens with zero attached hydrogens (tertiary/aromatic N) is 1. The van der Waals surface area contributed by atoms with Gasteiger partial charge in [0, 0.05) is 26.7 Å². The number of halogens is 1. The lowest BCUT2D eigenvalue weighted by Gasteiger charge is -2.23. The molecule has 114 valence electrons. The van der Waals surface area contributed by atoms with E-state index in [0.717, 1.165) is 0 Å². The molecule has 0 fully saturated rings. The molecule has 0 aliphatic carbocycles. The van der Waals surface area contributed by atoms with Gasteiger partial charge in [0.25, 0.3) is 0 Å². The Balaban J connectivity index is 3.26. The Kier molecular flexibility index (Phi) is 6.07. The highest BCUT2D eigenvalue weighted by Gasteiger charge is 2.27. The fourth-order valence-corrected chi connectivity index (χ4v) is 3.97. The molecule has 0 unspecified atom stereocenters. The highest BCUT2D eigenvalue weighted by atomic mass is 32.2. The van der Waals surface area contributed by atoms with Crippen LogP contribution in [0.5, 0.6) is 0 Å². The van der Waals surface area contributed by atoms with Crippen LogP contribution < -0.4 is 5.73 Å². The molecule has 1 rings (SSSR count). The lowest BCUT2D eigenvalue weighted by molar-refractivity contribution is 0.179. The lowest BCUT2D eigenvalue weighted by Crippen LogP contribution is -2.38. The molecule has 1 aromatic rings. The van der Waals surface area contributed by atoms with E-state index in [1.165, 1.54) is 23.5 Å². The number of benzene rings is 1. The van der Waals surface area contributed by atoms with Crippen molar-refractivity contribution in [2.45, 2.75) is 18.7 Å². The SMILES string of the molecule is COCCN(CCN)S(=O)(=O)c1c(C)cc(F)cc1C. The number of nitrogens with two attached hydrogens (primary N) is 1. The van der Waals surface area contributed by atoms with E-state index in [1.807, 2.05) is 0 Å². The first kappa shape index (κ1) is 17.0. The molecule has 0 radical (unpaired) electrons. The molecule has 1 aromatic carbocycles. The molecular formula is C13H21FN2O3S. The van der Waals surface area contributed by atoms with E-state index in [-0.39, 0.29) is 31.1 Å². The van der Waals surface area contributed by atoms with Gasteiger partial charge >= 0.3 is 0 Å². The normalized spacial score (nSPS) is 12.1. The largest absolute Gasteiger partial charge is 0.383 e. The molecule has 0 aliphatic rings. The van der Waals surface area contributed by atoms with Crippen molar-refractivity contribution in [3.05, 3.63) is 29.1 Å². The van der Waals surface area contributed by atoms with Gasteiger partial charge < -0.3 is 10.5 Å². The van der Waals surface area contributed by atoms with Gasteiger partial charge in [0.15, 0.2) is 0 Å². The Labute approximate surface area is 119 Å². The molecule has 0 saturated heterocycles. The third-order valence-corrected chi connectivity index (χ3v) is 5.15. The summed E-state index contributed by atoms with van der Waals surface area (Å²) in [7, 11) is -2.21. The molecule has 0 amide bonds. The summed E-state index contributed by atoms with van der Waals surface area (Å²) in [5.41, 5.74) is 6.25. The van der Waals surface area contributed by atoms with Gasteiger partial charge in [-0.25, -0.2) is 12.8 Å². The van der Waals surface area contributed by atoms with E-state index in [9.17, 15) is 12.8 Å². The maximum Gasteiger partial charge on any atom is 0.243 e. The minimum atomic E-state index is -3.71. The lowest BCUT2D eigenvalue weighted by atomic mass is 10.1. The van der Waals surface area contributed by atoms with Crippen LogP contribution in [0.4, 0.5) is 4.39 Å². The third kappa shape index (κ3) is 3.76. The second kappa shape index (κ2) is 7.12. The van der Waals surface area contributed by atoms with Crippen molar-refractivity contribution in [1.82, 2.24) is 4.31 Å². The van der Waals surface area contributed by atoms with Gasteiger partial charge in [-0.05, 0) is 37.1 Å². The van der Waals surface area contributed by atoms with Crippen LogP contribution in [0.15, 0.2) is 17.0 Å². The first-order valence-corrected chi connectivity index (χ1v) is 7.74. The number of aryl methyl sites for hydroxylation is 2. The molecule has 0 spiro atoms. The molecule has 0 atom stereocenters. The zero-order valence-electron chi connectivity index (χ0n) is 12.0.